The van der Waals surface area contributed by atoms with Crippen molar-refractivity contribution in [3.05, 3.63) is 63.1 Å². The van der Waals surface area contributed by atoms with Crippen LogP contribution in [0.5, 0.6) is 5.75 Å². The number of thioether (sulfide) groups is 2. The van der Waals surface area contributed by atoms with E-state index in [1.54, 1.807) is 6.07 Å². The van der Waals surface area contributed by atoms with Gasteiger partial charge >= 0.3 is 7.60 Å². The van der Waals surface area contributed by atoms with Crippen molar-refractivity contribution in [2.24, 2.45) is 5.18 Å². The Morgan fingerprint density at radius 1 is 0.947 bits per heavy atom. The van der Waals surface area contributed by atoms with Gasteiger partial charge in [-0.2, -0.15) is 0 Å². The molecule has 38 heavy (non-hydrogen) atoms. The van der Waals surface area contributed by atoms with Crippen molar-refractivity contribution in [2.75, 3.05) is 31.1 Å². The minimum Gasteiger partial charge on any atom is -0.481 e. The molecule has 0 amide bonds. The lowest BCUT2D eigenvalue weighted by Gasteiger charge is -2.20. The van der Waals surface area contributed by atoms with E-state index in [-0.39, 0.29) is 35.7 Å². The molecule has 0 atom stereocenters. The van der Waals surface area contributed by atoms with Crippen LogP contribution in [0.15, 0.2) is 35.5 Å². The van der Waals surface area contributed by atoms with Crippen molar-refractivity contribution in [3.63, 3.8) is 0 Å². The third kappa shape index (κ3) is 10.7. The van der Waals surface area contributed by atoms with E-state index in [0.29, 0.717) is 29.4 Å². The predicted octanol–water partition coefficient (Wildman–Crippen LogP) is 7.54. The van der Waals surface area contributed by atoms with Crippen LogP contribution in [0.25, 0.3) is 0 Å². The average Bonchev–Trinajstić information content (AvgIpc) is 2.85. The van der Waals surface area contributed by atoms with Crippen molar-refractivity contribution >= 4 is 47.0 Å². The van der Waals surface area contributed by atoms with Crippen LogP contribution in [-0.4, -0.2) is 41.3 Å². The summed E-state index contributed by atoms with van der Waals surface area (Å²) in [5, 5.41) is 3.04. The molecule has 208 valence electrons. The monoisotopic (exact) mass is 581 g/mol. The van der Waals surface area contributed by atoms with Crippen LogP contribution in [-0.2, 0) is 29.6 Å². The first-order valence-corrected chi connectivity index (χ1v) is 16.0. The van der Waals surface area contributed by atoms with Gasteiger partial charge in [0.05, 0.1) is 13.2 Å². The SMILES string of the molecule is CC(=O)SCCOP(=O)(COc1cc(C)c(Cc2ccc(N=O)c(C(C)C)c2)c(C)c1)OCCSC(C)=O. The summed E-state index contributed by atoms with van der Waals surface area (Å²) < 4.78 is 30.2. The van der Waals surface area contributed by atoms with Crippen LogP contribution in [0.2, 0.25) is 0 Å². The summed E-state index contributed by atoms with van der Waals surface area (Å²) in [5.74, 6) is 1.42. The Morgan fingerprint density at radius 3 is 1.97 bits per heavy atom. The molecule has 0 radical (unpaired) electrons. The number of carbonyl (C=O) groups is 2. The molecular weight excluding hydrogens is 545 g/mol. The number of ether oxygens (including phenoxy) is 1. The molecule has 2 aromatic rings. The lowest BCUT2D eigenvalue weighted by Crippen LogP contribution is -2.10. The number of aryl methyl sites for hydroxylation is 2. The Labute approximate surface area is 233 Å². The molecule has 2 aromatic carbocycles. The van der Waals surface area contributed by atoms with Gasteiger partial charge < -0.3 is 13.8 Å². The molecule has 0 aliphatic carbocycles. The molecule has 0 fully saturated rings. The van der Waals surface area contributed by atoms with Gasteiger partial charge in [-0.05, 0) is 77.4 Å². The minimum absolute atomic E-state index is 0.0544. The van der Waals surface area contributed by atoms with Crippen molar-refractivity contribution in [2.45, 2.75) is 53.9 Å². The van der Waals surface area contributed by atoms with E-state index in [0.717, 1.165) is 51.3 Å². The van der Waals surface area contributed by atoms with Crippen LogP contribution in [0.1, 0.15) is 61.4 Å². The third-order valence-electron chi connectivity index (χ3n) is 5.61. The Morgan fingerprint density at radius 2 is 1.50 bits per heavy atom. The standard InChI is InChI=1S/C27H36NO7PS2/c1-18(2)25-15-23(7-8-27(25)28-31)16-26-19(3)13-24(14-20(26)4)33-17-36(32,34-9-11-37-21(5)29)35-10-12-38-22(6)30/h7-8,13-15,18H,9-12,16-17H2,1-6H3. The molecule has 11 heteroatoms. The van der Waals surface area contributed by atoms with Crippen molar-refractivity contribution in [1.82, 2.24) is 0 Å². The minimum atomic E-state index is -3.63. The Balaban J connectivity index is 2.13. The molecule has 0 saturated carbocycles. The molecule has 0 aliphatic heterocycles. The summed E-state index contributed by atoms with van der Waals surface area (Å²) >= 11 is 2.16. The van der Waals surface area contributed by atoms with E-state index in [1.807, 2.05) is 52.0 Å². The zero-order valence-corrected chi connectivity index (χ0v) is 25.3. The predicted molar refractivity (Wildman–Crippen MR) is 156 cm³/mol. The molecule has 8 nitrogen and oxygen atoms in total. The van der Waals surface area contributed by atoms with E-state index in [4.69, 9.17) is 13.8 Å². The molecule has 0 saturated heterocycles. The van der Waals surface area contributed by atoms with Gasteiger partial charge in [-0.3, -0.25) is 14.2 Å². The smallest absolute Gasteiger partial charge is 0.367 e. The molecule has 0 aromatic heterocycles. The largest absolute Gasteiger partial charge is 0.481 e. The highest BCUT2D eigenvalue weighted by Gasteiger charge is 2.26. The number of nitroso groups, excluding NO2 is 1. The first kappa shape index (κ1) is 32.2. The average molecular weight is 582 g/mol. The fourth-order valence-corrected chi connectivity index (χ4v) is 6.19. The highest BCUT2D eigenvalue weighted by molar-refractivity contribution is 8.13. The maximum absolute atomic E-state index is 13.3. The normalized spacial score (nSPS) is 11.6. The van der Waals surface area contributed by atoms with E-state index >= 15 is 0 Å². The molecule has 0 bridgehead atoms. The first-order valence-electron chi connectivity index (χ1n) is 12.3. The molecule has 0 unspecified atom stereocenters. The van der Waals surface area contributed by atoms with Gasteiger partial charge in [0.2, 0.25) is 0 Å². The fraction of sp³-hybridized carbons (Fsp3) is 0.481. The number of hydrogen-bond acceptors (Lipinski definition) is 10. The summed E-state index contributed by atoms with van der Waals surface area (Å²) in [6, 6.07) is 9.49. The van der Waals surface area contributed by atoms with Crippen LogP contribution in [0.3, 0.4) is 0 Å². The van der Waals surface area contributed by atoms with Gasteiger partial charge in [-0.25, -0.2) is 0 Å². The zero-order valence-electron chi connectivity index (χ0n) is 22.8. The van der Waals surface area contributed by atoms with E-state index in [2.05, 4.69) is 5.18 Å². The second-order valence-corrected chi connectivity index (χ2v) is 13.6. The molecule has 2 rings (SSSR count). The van der Waals surface area contributed by atoms with Crippen LogP contribution in [0.4, 0.5) is 5.69 Å². The van der Waals surface area contributed by atoms with Crippen molar-refractivity contribution in [1.29, 1.82) is 0 Å². The molecule has 0 aliphatic rings. The van der Waals surface area contributed by atoms with Gasteiger partial charge in [0, 0.05) is 25.4 Å². The maximum atomic E-state index is 13.3. The maximum Gasteiger partial charge on any atom is 0.367 e. The highest BCUT2D eigenvalue weighted by Crippen LogP contribution is 2.48. The summed E-state index contributed by atoms with van der Waals surface area (Å²) in [5.41, 5.74) is 5.63. The fourth-order valence-electron chi connectivity index (χ4n) is 3.77. The van der Waals surface area contributed by atoms with Gasteiger partial charge in [-0.15, -0.1) is 4.91 Å². The second-order valence-electron chi connectivity index (χ2n) is 9.08. The Hall–Kier alpha value is -1.97. The van der Waals surface area contributed by atoms with Gasteiger partial charge in [-0.1, -0.05) is 49.5 Å². The van der Waals surface area contributed by atoms with Crippen LogP contribution in [0, 0.1) is 18.8 Å². The number of hydrogen-bond donors (Lipinski definition) is 0. The number of carbonyl (C=O) groups excluding carboxylic acids is 2. The van der Waals surface area contributed by atoms with E-state index < -0.39 is 7.60 Å². The molecular formula is C27H36NO7PS2. The summed E-state index contributed by atoms with van der Waals surface area (Å²) in [6.45, 7) is 11.1. The Bertz CT molecular complexity index is 1140. The summed E-state index contributed by atoms with van der Waals surface area (Å²) in [7, 11) is -3.63. The molecule has 0 heterocycles. The number of nitrogens with zero attached hydrogens (tertiary/aromatic N) is 1. The molecule has 0 spiro atoms. The molecule has 0 N–H and O–H groups in total. The quantitative estimate of drug-likeness (QED) is 0.120. The summed E-state index contributed by atoms with van der Waals surface area (Å²) in [4.78, 5) is 33.5. The van der Waals surface area contributed by atoms with Gasteiger partial charge in [0.1, 0.15) is 11.4 Å². The van der Waals surface area contributed by atoms with Gasteiger partial charge in [0.15, 0.2) is 16.6 Å². The zero-order chi connectivity index (χ0) is 28.3. The van der Waals surface area contributed by atoms with Crippen LogP contribution >= 0.6 is 31.1 Å². The topological polar surface area (TPSA) is 108 Å². The first-order chi connectivity index (χ1) is 17.9. The lowest BCUT2D eigenvalue weighted by atomic mass is 9.92. The second kappa shape index (κ2) is 15.6. The lowest BCUT2D eigenvalue weighted by molar-refractivity contribution is -0.109. The number of benzene rings is 2. The van der Waals surface area contributed by atoms with Crippen molar-refractivity contribution in [3.8, 4) is 5.75 Å². The Kier molecular flexibility index (Phi) is 13.2. The summed E-state index contributed by atoms with van der Waals surface area (Å²) in [6.07, 6.45) is 0.391. The number of rotatable bonds is 15. The third-order valence-corrected chi connectivity index (χ3v) is 8.76. The van der Waals surface area contributed by atoms with E-state index in [9.17, 15) is 19.1 Å². The van der Waals surface area contributed by atoms with Gasteiger partial charge in [0.25, 0.3) is 0 Å². The van der Waals surface area contributed by atoms with E-state index in [1.165, 1.54) is 13.8 Å². The van der Waals surface area contributed by atoms with Crippen molar-refractivity contribution < 1.29 is 27.9 Å². The highest BCUT2D eigenvalue weighted by atomic mass is 32.2. The van der Waals surface area contributed by atoms with Crippen LogP contribution < -0.4 is 4.74 Å².